The molecule has 0 aromatic heterocycles. The van der Waals surface area contributed by atoms with Gasteiger partial charge in [-0.25, -0.2) is 0 Å². The van der Waals surface area contributed by atoms with Gasteiger partial charge in [-0.2, -0.15) is 0 Å². The summed E-state index contributed by atoms with van der Waals surface area (Å²) in [6, 6.07) is 0. The van der Waals surface area contributed by atoms with Crippen LogP contribution in [-0.2, 0) is 0 Å². The maximum Gasteiger partial charge on any atom is 1.00 e. The zero-order chi connectivity index (χ0) is 3.41. The van der Waals surface area contributed by atoms with E-state index in [4.69, 9.17) is 11.5 Å². The second kappa shape index (κ2) is 28.9. The normalized spacial score (nSPS) is 4.29. The molecule has 0 radical (unpaired) electrons. The van der Waals surface area contributed by atoms with Gasteiger partial charge in [-0.3, -0.25) is 0 Å². The Morgan fingerprint density at radius 1 is 1.00 bits per heavy atom. The van der Waals surface area contributed by atoms with E-state index in [9.17, 15) is 0 Å². The predicted octanol–water partition coefficient (Wildman–Crippen LogP) is -5.63. The van der Waals surface area contributed by atoms with Gasteiger partial charge in [-0.05, 0) is 0 Å². The van der Waals surface area contributed by atoms with E-state index < -0.39 is 0 Å². The van der Waals surface area contributed by atoms with Crippen molar-refractivity contribution in [2.45, 2.75) is 0 Å². The van der Waals surface area contributed by atoms with Crippen LogP contribution >= 0.6 is 0 Å². The first-order chi connectivity index (χ1) is 1.91. The molecule has 0 fully saturated rings. The molecular weight excluding hydrogens is 107 g/mol. The molecule has 0 saturated heterocycles. The molecule has 0 aliphatic rings. The van der Waals surface area contributed by atoms with E-state index in [-0.39, 0.29) is 41.9 Å². The van der Waals surface area contributed by atoms with Crippen LogP contribution in [0.3, 0.4) is 0 Å². The summed E-state index contributed by atoms with van der Waals surface area (Å²) in [4.78, 5) is 0. The Labute approximate surface area is 66.6 Å². The number of hydrogen-bond donors (Lipinski definition) is 2. The first kappa shape index (κ1) is 24.9. The smallest absolute Gasteiger partial charge is 1.00 e. The summed E-state index contributed by atoms with van der Waals surface area (Å²) >= 11 is 0. The minimum atomic E-state index is 0. The summed E-state index contributed by atoms with van der Waals surface area (Å²) in [5.41, 5.74) is 9.81. The topological polar surface area (TPSA) is 115 Å². The van der Waals surface area contributed by atoms with Crippen LogP contribution in [0, 0.1) is 0 Å². The van der Waals surface area contributed by atoms with Crippen LogP contribution < -0.4 is 41.0 Å². The number of rotatable bonds is 1. The Bertz CT molecular complexity index is 20.0. The molecule has 0 aromatic rings. The van der Waals surface area contributed by atoms with Crippen molar-refractivity contribution in [1.82, 2.24) is 0 Å². The summed E-state index contributed by atoms with van der Waals surface area (Å²) in [5, 5.41) is 0. The fourth-order valence-electron chi connectivity index (χ4n) is 0. The first-order valence-electron chi connectivity index (χ1n) is 1.32. The van der Waals surface area contributed by atoms with Gasteiger partial charge in [0, 0.05) is 13.1 Å². The van der Waals surface area contributed by atoms with Gasteiger partial charge in [-0.1, -0.05) is 0 Å². The van der Waals surface area contributed by atoms with Crippen LogP contribution in [0.1, 0.15) is 1.43 Å². The fraction of sp³-hybridized carbons (Fsp3) is 1.00. The average molecular weight is 120 g/mol. The molecule has 4 nitrogen and oxygen atoms in total. The Morgan fingerprint density at radius 2 is 1.14 bits per heavy atom. The van der Waals surface area contributed by atoms with Crippen LogP contribution in [0.4, 0.5) is 0 Å². The van der Waals surface area contributed by atoms with Crippen LogP contribution in [-0.4, -0.2) is 24.0 Å². The summed E-state index contributed by atoms with van der Waals surface area (Å²) in [6.07, 6.45) is 0. The SMILES string of the molecule is NCCN.O.O.[H-].[Na+]. The largest absolute Gasteiger partial charge is 1.00 e. The molecular formula is C2H13N2NaO2. The van der Waals surface area contributed by atoms with E-state index >= 15 is 0 Å². The molecule has 0 aliphatic carbocycles. The third-order valence-corrected chi connectivity index (χ3v) is 0.167. The van der Waals surface area contributed by atoms with Crippen LogP contribution in [0.2, 0.25) is 0 Å². The standard InChI is InChI=1S/C2H8N2.Na.2H2O.H/c3-1-2-4;;;;/h1-4H2;;2*1H2;/q;+1;;;-1. The van der Waals surface area contributed by atoms with Gasteiger partial charge in [0.15, 0.2) is 0 Å². The van der Waals surface area contributed by atoms with Gasteiger partial charge in [0.05, 0.1) is 0 Å². The quantitative estimate of drug-likeness (QED) is 0.336. The van der Waals surface area contributed by atoms with Crippen molar-refractivity contribution in [3.05, 3.63) is 0 Å². The van der Waals surface area contributed by atoms with Crippen molar-refractivity contribution in [3.63, 3.8) is 0 Å². The van der Waals surface area contributed by atoms with E-state index in [2.05, 4.69) is 0 Å². The molecule has 5 heteroatoms. The predicted molar refractivity (Wildman–Crippen MR) is 26.4 cm³/mol. The molecule has 0 saturated carbocycles. The fourth-order valence-corrected chi connectivity index (χ4v) is 0. The average Bonchev–Trinajstić information content (AvgIpc) is 1.37. The molecule has 0 heterocycles. The second-order valence-electron chi connectivity index (χ2n) is 0.577. The van der Waals surface area contributed by atoms with Crippen LogP contribution in [0.15, 0.2) is 0 Å². The van der Waals surface area contributed by atoms with Crippen molar-refractivity contribution < 1.29 is 41.9 Å². The Balaban J connectivity index is -0.00000000750. The molecule has 0 rings (SSSR count). The molecule has 0 spiro atoms. The zero-order valence-corrected chi connectivity index (χ0v) is 6.57. The third-order valence-electron chi connectivity index (χ3n) is 0.167. The Kier molecular flexibility index (Phi) is 103. The van der Waals surface area contributed by atoms with Gasteiger partial charge in [0.2, 0.25) is 0 Å². The monoisotopic (exact) mass is 120 g/mol. The van der Waals surface area contributed by atoms with Gasteiger partial charge >= 0.3 is 29.6 Å². The minimum absolute atomic E-state index is 0. The van der Waals surface area contributed by atoms with E-state index in [1.54, 1.807) is 0 Å². The molecule has 7 heavy (non-hydrogen) atoms. The summed E-state index contributed by atoms with van der Waals surface area (Å²) in [6.45, 7) is 1.19. The maximum atomic E-state index is 4.90. The van der Waals surface area contributed by atoms with Crippen molar-refractivity contribution >= 4 is 0 Å². The van der Waals surface area contributed by atoms with E-state index in [1.807, 2.05) is 0 Å². The van der Waals surface area contributed by atoms with Gasteiger partial charge in [0.1, 0.15) is 0 Å². The molecule has 44 valence electrons. The maximum absolute atomic E-state index is 4.90. The van der Waals surface area contributed by atoms with Crippen molar-refractivity contribution in [1.29, 1.82) is 0 Å². The first-order valence-corrected chi connectivity index (χ1v) is 1.32. The molecule has 0 aromatic carbocycles. The number of nitrogens with two attached hydrogens (primary N) is 2. The van der Waals surface area contributed by atoms with Gasteiger partial charge < -0.3 is 23.8 Å². The summed E-state index contributed by atoms with van der Waals surface area (Å²) < 4.78 is 0. The molecule has 0 amide bonds. The molecule has 0 unspecified atom stereocenters. The van der Waals surface area contributed by atoms with Crippen molar-refractivity contribution in [2.24, 2.45) is 11.5 Å². The van der Waals surface area contributed by atoms with E-state index in [0.717, 1.165) is 0 Å². The molecule has 0 bridgehead atoms. The molecule has 0 aliphatic heterocycles. The Morgan fingerprint density at radius 3 is 1.14 bits per heavy atom. The Hall–Kier alpha value is 0.840. The van der Waals surface area contributed by atoms with Gasteiger partial charge in [-0.15, -0.1) is 0 Å². The molecule has 0 atom stereocenters. The summed E-state index contributed by atoms with van der Waals surface area (Å²) in [5.74, 6) is 0. The van der Waals surface area contributed by atoms with E-state index in [1.165, 1.54) is 0 Å². The van der Waals surface area contributed by atoms with Crippen LogP contribution in [0.5, 0.6) is 0 Å². The van der Waals surface area contributed by atoms with Crippen molar-refractivity contribution in [3.8, 4) is 0 Å². The minimum Gasteiger partial charge on any atom is -1.00 e. The second-order valence-corrected chi connectivity index (χ2v) is 0.577. The summed E-state index contributed by atoms with van der Waals surface area (Å²) in [7, 11) is 0. The van der Waals surface area contributed by atoms with Crippen LogP contribution in [0.25, 0.3) is 0 Å². The third kappa shape index (κ3) is 47.3. The van der Waals surface area contributed by atoms with E-state index in [0.29, 0.717) is 13.1 Å². The zero-order valence-electron chi connectivity index (χ0n) is 5.57. The van der Waals surface area contributed by atoms with Crippen molar-refractivity contribution in [2.75, 3.05) is 13.1 Å². The van der Waals surface area contributed by atoms with Gasteiger partial charge in [0.25, 0.3) is 0 Å². The molecule has 8 N–H and O–H groups in total. The number of hydrogen-bond acceptors (Lipinski definition) is 2.